The van der Waals surface area contributed by atoms with E-state index in [0.717, 1.165) is 37.8 Å². The number of carbonyl (C=O) groups excluding carboxylic acids is 2. The fraction of sp³-hybridized carbons (Fsp3) is 0.692. The number of carbonyl (C=O) groups is 2. The third kappa shape index (κ3) is 4.52. The van der Waals surface area contributed by atoms with Crippen molar-refractivity contribution in [2.75, 3.05) is 26.2 Å². The second-order valence-corrected chi connectivity index (χ2v) is 10.2. The second kappa shape index (κ2) is 9.32. The van der Waals surface area contributed by atoms with Gasteiger partial charge in [-0.2, -0.15) is 0 Å². The van der Waals surface area contributed by atoms with Crippen molar-refractivity contribution < 1.29 is 14.3 Å². The fourth-order valence-corrected chi connectivity index (χ4v) is 6.19. The Morgan fingerprint density at radius 2 is 1.81 bits per heavy atom. The van der Waals surface area contributed by atoms with E-state index < -0.39 is 5.41 Å². The van der Waals surface area contributed by atoms with Crippen molar-refractivity contribution in [1.29, 1.82) is 0 Å². The zero-order chi connectivity index (χ0) is 22.0. The Kier molecular flexibility index (Phi) is 6.71. The first kappa shape index (κ1) is 22.3. The van der Waals surface area contributed by atoms with Gasteiger partial charge >= 0.3 is 5.97 Å². The molecule has 5 nitrogen and oxygen atoms in total. The lowest BCUT2D eigenvalue weighted by atomic mass is 9.67. The van der Waals surface area contributed by atoms with Gasteiger partial charge in [-0.25, -0.2) is 0 Å². The predicted octanol–water partition coefficient (Wildman–Crippen LogP) is 4.14. The Morgan fingerprint density at radius 1 is 1.13 bits per heavy atom. The maximum atomic E-state index is 13.7. The fourth-order valence-electron chi connectivity index (χ4n) is 6.19. The van der Waals surface area contributed by atoms with E-state index in [1.165, 1.54) is 43.7 Å². The van der Waals surface area contributed by atoms with Crippen molar-refractivity contribution in [3.63, 3.8) is 0 Å². The van der Waals surface area contributed by atoms with Gasteiger partial charge in [-0.05, 0) is 74.6 Å². The first-order valence-corrected chi connectivity index (χ1v) is 12.2. The van der Waals surface area contributed by atoms with Gasteiger partial charge < -0.3 is 14.5 Å². The minimum Gasteiger partial charge on any atom is -0.464 e. The Labute approximate surface area is 187 Å². The van der Waals surface area contributed by atoms with Crippen molar-refractivity contribution in [2.24, 2.45) is 11.8 Å². The number of fused-ring (bicyclic) bond motifs is 2. The summed E-state index contributed by atoms with van der Waals surface area (Å²) >= 11 is 0. The lowest BCUT2D eigenvalue weighted by molar-refractivity contribution is -0.147. The number of hydrogen-bond donors (Lipinski definition) is 0. The van der Waals surface area contributed by atoms with Crippen molar-refractivity contribution in [3.05, 3.63) is 35.4 Å². The van der Waals surface area contributed by atoms with E-state index in [4.69, 9.17) is 4.74 Å². The number of ether oxygens (including phenoxy) is 1. The van der Waals surface area contributed by atoms with Crippen LogP contribution in [0.2, 0.25) is 0 Å². The van der Waals surface area contributed by atoms with Crippen LogP contribution in [0.25, 0.3) is 0 Å². The number of nitrogens with zero attached hydrogens (tertiary/aromatic N) is 2. The third-order valence-corrected chi connectivity index (χ3v) is 8.11. The van der Waals surface area contributed by atoms with Crippen LogP contribution in [0.4, 0.5) is 0 Å². The molecular weight excluding hydrogens is 388 g/mol. The zero-order valence-electron chi connectivity index (χ0n) is 19.4. The van der Waals surface area contributed by atoms with Gasteiger partial charge in [0.05, 0.1) is 12.0 Å². The summed E-state index contributed by atoms with van der Waals surface area (Å²) in [5, 5.41) is 0. The van der Waals surface area contributed by atoms with E-state index in [9.17, 15) is 9.59 Å². The normalized spacial score (nSPS) is 26.2. The average molecular weight is 427 g/mol. The molecule has 1 aliphatic carbocycles. The van der Waals surface area contributed by atoms with E-state index in [2.05, 4.69) is 43.0 Å². The number of hydrogen-bond acceptors (Lipinski definition) is 4. The summed E-state index contributed by atoms with van der Waals surface area (Å²) in [6.45, 7) is 9.47. The highest BCUT2D eigenvalue weighted by Gasteiger charge is 2.49. The van der Waals surface area contributed by atoms with E-state index in [1.54, 1.807) is 0 Å². The molecule has 0 bridgehead atoms. The Hall–Kier alpha value is -1.88. The van der Waals surface area contributed by atoms with E-state index in [0.29, 0.717) is 19.1 Å². The van der Waals surface area contributed by atoms with Gasteiger partial charge in [0.1, 0.15) is 6.61 Å². The van der Waals surface area contributed by atoms with Crippen LogP contribution in [0.3, 0.4) is 0 Å². The molecule has 2 heterocycles. The molecule has 0 radical (unpaired) electrons. The SMILES string of the molecule is CC(=O)OCCN1Cc2ccccc2C2(CCN([C@H]3CC[C@@H](C(C)C)CC3)CC2)C1=O. The molecule has 1 spiro atoms. The molecule has 0 aromatic heterocycles. The third-order valence-electron chi connectivity index (χ3n) is 8.11. The molecule has 4 rings (SSSR count). The number of rotatable bonds is 5. The smallest absolute Gasteiger partial charge is 0.302 e. The van der Waals surface area contributed by atoms with Crippen molar-refractivity contribution in [3.8, 4) is 0 Å². The van der Waals surface area contributed by atoms with Crippen LogP contribution in [0.15, 0.2) is 24.3 Å². The predicted molar refractivity (Wildman–Crippen MR) is 122 cm³/mol. The van der Waals surface area contributed by atoms with Gasteiger partial charge in [-0.1, -0.05) is 38.1 Å². The molecule has 0 N–H and O–H groups in total. The summed E-state index contributed by atoms with van der Waals surface area (Å²) in [4.78, 5) is 29.5. The highest BCUT2D eigenvalue weighted by Crippen LogP contribution is 2.44. The molecule has 1 saturated heterocycles. The quantitative estimate of drug-likeness (QED) is 0.664. The molecule has 1 aromatic rings. The molecule has 2 aliphatic heterocycles. The van der Waals surface area contributed by atoms with Gasteiger partial charge in [-0.3, -0.25) is 9.59 Å². The first-order chi connectivity index (χ1) is 14.9. The molecular formula is C26H38N2O3. The summed E-state index contributed by atoms with van der Waals surface area (Å²) in [5.74, 6) is 1.60. The summed E-state index contributed by atoms with van der Waals surface area (Å²) in [6, 6.07) is 9.14. The molecule has 1 amide bonds. The second-order valence-electron chi connectivity index (χ2n) is 10.2. The summed E-state index contributed by atoms with van der Waals surface area (Å²) in [5.41, 5.74) is 2.05. The molecule has 170 valence electrons. The van der Waals surface area contributed by atoms with Gasteiger partial charge in [0.15, 0.2) is 0 Å². The largest absolute Gasteiger partial charge is 0.464 e. The average Bonchev–Trinajstić information content (AvgIpc) is 2.77. The monoisotopic (exact) mass is 426 g/mol. The lowest BCUT2D eigenvalue weighted by Crippen LogP contribution is -2.57. The van der Waals surface area contributed by atoms with Gasteiger partial charge in [-0.15, -0.1) is 0 Å². The Morgan fingerprint density at radius 3 is 2.45 bits per heavy atom. The molecule has 0 atom stereocenters. The highest BCUT2D eigenvalue weighted by molar-refractivity contribution is 5.90. The number of likely N-dealkylation sites (tertiary alicyclic amines) is 1. The first-order valence-electron chi connectivity index (χ1n) is 12.2. The van der Waals surface area contributed by atoms with Crippen LogP contribution >= 0.6 is 0 Å². The minimum absolute atomic E-state index is 0.224. The maximum absolute atomic E-state index is 13.7. The molecule has 2 fully saturated rings. The van der Waals surface area contributed by atoms with Crippen molar-refractivity contribution in [1.82, 2.24) is 9.80 Å². The van der Waals surface area contributed by atoms with Crippen LogP contribution in [0, 0.1) is 11.8 Å². The number of amides is 1. The summed E-state index contributed by atoms with van der Waals surface area (Å²) < 4.78 is 5.14. The van der Waals surface area contributed by atoms with E-state index >= 15 is 0 Å². The number of esters is 1. The van der Waals surface area contributed by atoms with Crippen LogP contribution in [-0.2, 0) is 26.3 Å². The van der Waals surface area contributed by atoms with Gasteiger partial charge in [0.25, 0.3) is 0 Å². The van der Waals surface area contributed by atoms with E-state index in [-0.39, 0.29) is 18.5 Å². The molecule has 5 heteroatoms. The molecule has 1 aromatic carbocycles. The number of benzene rings is 1. The summed E-state index contributed by atoms with van der Waals surface area (Å²) in [7, 11) is 0. The summed E-state index contributed by atoms with van der Waals surface area (Å²) in [6.07, 6.45) is 7.06. The van der Waals surface area contributed by atoms with E-state index in [1.807, 2.05) is 4.90 Å². The molecule has 1 saturated carbocycles. The van der Waals surface area contributed by atoms with Crippen LogP contribution in [0.1, 0.15) is 70.4 Å². The molecule has 3 aliphatic rings. The van der Waals surface area contributed by atoms with Crippen molar-refractivity contribution >= 4 is 11.9 Å². The Bertz CT molecular complexity index is 790. The van der Waals surface area contributed by atoms with Gasteiger partial charge in [0.2, 0.25) is 5.91 Å². The molecule has 31 heavy (non-hydrogen) atoms. The van der Waals surface area contributed by atoms with Gasteiger partial charge in [0, 0.05) is 19.5 Å². The van der Waals surface area contributed by atoms with Crippen LogP contribution in [-0.4, -0.2) is 54.0 Å². The maximum Gasteiger partial charge on any atom is 0.302 e. The topological polar surface area (TPSA) is 49.9 Å². The lowest BCUT2D eigenvalue weighted by Gasteiger charge is -2.49. The van der Waals surface area contributed by atoms with Crippen LogP contribution in [0.5, 0.6) is 0 Å². The highest BCUT2D eigenvalue weighted by atomic mass is 16.5. The Balaban J connectivity index is 1.46. The molecule has 0 unspecified atom stereocenters. The van der Waals surface area contributed by atoms with Crippen LogP contribution < -0.4 is 0 Å². The number of piperidine rings is 1. The standard InChI is InChI=1S/C26H38N2O3/c1-19(2)21-8-10-23(11-9-21)27-14-12-26(13-15-27)24-7-5-4-6-22(24)18-28(25(26)30)16-17-31-20(3)29/h4-7,19,21,23H,8-18H2,1-3H3/t21-,23+. The minimum atomic E-state index is -0.420. The zero-order valence-corrected chi connectivity index (χ0v) is 19.4. The van der Waals surface area contributed by atoms with Crippen molar-refractivity contribution in [2.45, 2.75) is 77.3 Å².